The molecule has 8 nitrogen and oxygen atoms in total. The van der Waals surface area contributed by atoms with Gasteiger partial charge in [0.15, 0.2) is 17.2 Å². The van der Waals surface area contributed by atoms with Crippen LogP contribution in [-0.4, -0.2) is 31.0 Å². The molecule has 0 amide bonds. The van der Waals surface area contributed by atoms with Crippen molar-refractivity contribution in [2.24, 2.45) is 4.99 Å². The van der Waals surface area contributed by atoms with E-state index < -0.39 is 10.9 Å². The molecule has 0 N–H and O–H groups in total. The van der Waals surface area contributed by atoms with Crippen LogP contribution in [0.2, 0.25) is 0 Å². The van der Waals surface area contributed by atoms with Crippen LogP contribution in [0, 0.1) is 10.1 Å². The molecular formula is C20H16N2O6. The molecule has 1 heterocycles. The number of hydrogen-bond acceptors (Lipinski definition) is 7. The predicted molar refractivity (Wildman–Crippen MR) is 103 cm³/mol. The van der Waals surface area contributed by atoms with E-state index in [2.05, 4.69) is 4.99 Å². The van der Waals surface area contributed by atoms with Gasteiger partial charge in [0.1, 0.15) is 0 Å². The molecule has 0 saturated heterocycles. The second kappa shape index (κ2) is 8.17. The maximum absolute atomic E-state index is 12.1. The van der Waals surface area contributed by atoms with Crippen LogP contribution in [0.1, 0.15) is 11.1 Å². The van der Waals surface area contributed by atoms with Gasteiger partial charge in [-0.1, -0.05) is 30.3 Å². The summed E-state index contributed by atoms with van der Waals surface area (Å²) in [5.41, 5.74) is 0.755. The maximum Gasteiger partial charge on any atom is 0.363 e. The molecule has 0 radical (unpaired) electrons. The van der Waals surface area contributed by atoms with Crippen molar-refractivity contribution >= 4 is 29.7 Å². The summed E-state index contributed by atoms with van der Waals surface area (Å²) in [6.45, 7) is 0. The molecule has 0 spiro atoms. The molecule has 8 heteroatoms. The molecule has 0 fully saturated rings. The summed E-state index contributed by atoms with van der Waals surface area (Å²) in [7, 11) is 2.79. The zero-order valence-electron chi connectivity index (χ0n) is 15.1. The van der Waals surface area contributed by atoms with E-state index in [4.69, 9.17) is 14.2 Å². The molecule has 0 aliphatic carbocycles. The van der Waals surface area contributed by atoms with Gasteiger partial charge in [-0.15, -0.1) is 0 Å². The summed E-state index contributed by atoms with van der Waals surface area (Å²) < 4.78 is 15.4. The third-order valence-corrected chi connectivity index (χ3v) is 3.88. The molecule has 0 bridgehead atoms. The molecule has 28 heavy (non-hydrogen) atoms. The first-order valence-electron chi connectivity index (χ1n) is 8.18. The SMILES string of the molecule is COc1cc(/C=C2N=C(/C=C/c3ccccc3)OC\2=O)c([N+](=O)[O-])cc1OC. The number of rotatable bonds is 6. The number of esters is 1. The van der Waals surface area contributed by atoms with Crippen LogP contribution < -0.4 is 9.47 Å². The third kappa shape index (κ3) is 4.07. The van der Waals surface area contributed by atoms with Crippen molar-refractivity contribution in [2.75, 3.05) is 14.2 Å². The van der Waals surface area contributed by atoms with Crippen LogP contribution in [0.15, 0.2) is 59.2 Å². The van der Waals surface area contributed by atoms with Gasteiger partial charge in [-0.25, -0.2) is 9.79 Å². The van der Waals surface area contributed by atoms with Crippen molar-refractivity contribution in [3.8, 4) is 11.5 Å². The number of carbonyl (C=O) groups excluding carboxylic acids is 1. The van der Waals surface area contributed by atoms with E-state index in [-0.39, 0.29) is 28.6 Å². The number of cyclic esters (lactones) is 1. The number of aliphatic imine (C=N–C) groups is 1. The van der Waals surface area contributed by atoms with E-state index in [1.54, 1.807) is 12.2 Å². The number of methoxy groups -OCH3 is 2. The molecule has 0 aromatic heterocycles. The quantitative estimate of drug-likeness (QED) is 0.328. The zero-order valence-corrected chi connectivity index (χ0v) is 15.1. The average molecular weight is 380 g/mol. The molecule has 3 rings (SSSR count). The van der Waals surface area contributed by atoms with Gasteiger partial charge in [0.25, 0.3) is 5.69 Å². The van der Waals surface area contributed by atoms with Crippen LogP contribution in [-0.2, 0) is 9.53 Å². The number of nitrogens with zero attached hydrogens (tertiary/aromatic N) is 2. The summed E-state index contributed by atoms with van der Waals surface area (Å²) in [5.74, 6) is -0.0974. The Morgan fingerprint density at radius 2 is 1.75 bits per heavy atom. The highest BCUT2D eigenvalue weighted by Gasteiger charge is 2.24. The fraction of sp³-hybridized carbons (Fsp3) is 0.100. The Labute approximate surface area is 160 Å². The summed E-state index contributed by atoms with van der Waals surface area (Å²) >= 11 is 0. The second-order valence-corrected chi connectivity index (χ2v) is 5.64. The van der Waals surface area contributed by atoms with Gasteiger partial charge in [-0.05, 0) is 23.8 Å². The van der Waals surface area contributed by atoms with Crippen molar-refractivity contribution in [2.45, 2.75) is 0 Å². The van der Waals surface area contributed by atoms with Crippen molar-refractivity contribution in [3.63, 3.8) is 0 Å². The molecule has 0 atom stereocenters. The van der Waals surface area contributed by atoms with Crippen LogP contribution in [0.25, 0.3) is 12.2 Å². The summed E-state index contributed by atoms with van der Waals surface area (Å²) in [4.78, 5) is 27.0. The summed E-state index contributed by atoms with van der Waals surface area (Å²) in [6.07, 6.45) is 4.58. The van der Waals surface area contributed by atoms with E-state index in [9.17, 15) is 14.9 Å². The maximum atomic E-state index is 12.1. The van der Waals surface area contributed by atoms with Gasteiger partial charge in [0.05, 0.1) is 30.8 Å². The van der Waals surface area contributed by atoms with E-state index >= 15 is 0 Å². The number of nitro groups is 1. The number of ether oxygens (including phenoxy) is 3. The van der Waals surface area contributed by atoms with Crippen molar-refractivity contribution in [1.29, 1.82) is 0 Å². The summed E-state index contributed by atoms with van der Waals surface area (Å²) in [6, 6.07) is 12.1. The standard InChI is InChI=1S/C20H16N2O6/c1-26-17-11-14(16(22(24)25)12-18(17)27-2)10-15-20(23)28-19(21-15)9-8-13-6-4-3-5-7-13/h3-12H,1-2H3/b9-8+,15-10-. The molecular weight excluding hydrogens is 364 g/mol. The Morgan fingerprint density at radius 3 is 2.39 bits per heavy atom. The molecule has 2 aromatic carbocycles. The number of nitro benzene ring substituents is 1. The summed E-state index contributed by atoms with van der Waals surface area (Å²) in [5, 5.41) is 11.4. The second-order valence-electron chi connectivity index (χ2n) is 5.64. The minimum absolute atomic E-state index is 0.0527. The smallest absolute Gasteiger partial charge is 0.363 e. The van der Waals surface area contributed by atoms with E-state index in [0.29, 0.717) is 5.75 Å². The first-order valence-corrected chi connectivity index (χ1v) is 8.18. The highest BCUT2D eigenvalue weighted by molar-refractivity contribution is 6.11. The topological polar surface area (TPSA) is 100 Å². The van der Waals surface area contributed by atoms with Gasteiger partial charge in [0, 0.05) is 6.08 Å². The number of carbonyl (C=O) groups is 1. The largest absolute Gasteiger partial charge is 0.493 e. The Balaban J connectivity index is 1.96. The fourth-order valence-electron chi connectivity index (χ4n) is 2.53. The number of hydrogen-bond donors (Lipinski definition) is 0. The lowest BCUT2D eigenvalue weighted by Crippen LogP contribution is -2.02. The Bertz CT molecular complexity index is 1010. The Hall–Kier alpha value is -3.94. The lowest BCUT2D eigenvalue weighted by molar-refractivity contribution is -0.385. The lowest BCUT2D eigenvalue weighted by Gasteiger charge is -2.08. The molecule has 0 unspecified atom stereocenters. The van der Waals surface area contributed by atoms with Crippen molar-refractivity contribution < 1.29 is 23.9 Å². The highest BCUT2D eigenvalue weighted by atomic mass is 16.6. The fourth-order valence-corrected chi connectivity index (χ4v) is 2.53. The third-order valence-electron chi connectivity index (χ3n) is 3.88. The van der Waals surface area contributed by atoms with Gasteiger partial charge in [-0.3, -0.25) is 10.1 Å². The minimum atomic E-state index is -0.697. The minimum Gasteiger partial charge on any atom is -0.493 e. The van der Waals surface area contributed by atoms with Crippen LogP contribution in [0.4, 0.5) is 5.69 Å². The lowest BCUT2D eigenvalue weighted by atomic mass is 10.1. The molecule has 1 aliphatic heterocycles. The average Bonchev–Trinajstić information content (AvgIpc) is 3.06. The predicted octanol–water partition coefficient (Wildman–Crippen LogP) is 3.62. The van der Waals surface area contributed by atoms with E-state index in [1.807, 2.05) is 30.3 Å². The number of benzene rings is 2. The van der Waals surface area contributed by atoms with Crippen LogP contribution >= 0.6 is 0 Å². The molecule has 142 valence electrons. The van der Waals surface area contributed by atoms with Crippen molar-refractivity contribution in [1.82, 2.24) is 0 Å². The Kier molecular flexibility index (Phi) is 5.50. The van der Waals surface area contributed by atoms with Gasteiger partial charge in [0.2, 0.25) is 5.90 Å². The van der Waals surface area contributed by atoms with E-state index in [1.165, 1.54) is 32.4 Å². The van der Waals surface area contributed by atoms with E-state index in [0.717, 1.165) is 5.56 Å². The van der Waals surface area contributed by atoms with Gasteiger partial charge < -0.3 is 14.2 Å². The first kappa shape index (κ1) is 18.8. The molecule has 1 aliphatic rings. The van der Waals surface area contributed by atoms with Crippen LogP contribution in [0.3, 0.4) is 0 Å². The Morgan fingerprint density at radius 1 is 1.07 bits per heavy atom. The molecule has 0 saturated carbocycles. The van der Waals surface area contributed by atoms with Gasteiger partial charge >= 0.3 is 5.97 Å². The van der Waals surface area contributed by atoms with Crippen molar-refractivity contribution in [3.05, 3.63) is 75.5 Å². The normalized spacial score (nSPS) is 14.9. The van der Waals surface area contributed by atoms with Gasteiger partial charge in [-0.2, -0.15) is 0 Å². The molecule has 2 aromatic rings. The first-order chi connectivity index (χ1) is 13.5. The monoisotopic (exact) mass is 380 g/mol. The zero-order chi connectivity index (χ0) is 20.1. The highest BCUT2D eigenvalue weighted by Crippen LogP contribution is 2.36. The van der Waals surface area contributed by atoms with Crippen LogP contribution in [0.5, 0.6) is 11.5 Å².